The summed E-state index contributed by atoms with van der Waals surface area (Å²) in [5.74, 6) is -1.83. The molecule has 0 radical (unpaired) electrons. The lowest BCUT2D eigenvalue weighted by molar-refractivity contribution is 0.379. The van der Waals surface area contributed by atoms with Gasteiger partial charge in [-0.15, -0.1) is 6.58 Å². The normalized spacial score (nSPS) is 12.1. The van der Waals surface area contributed by atoms with Crippen LogP contribution in [0.15, 0.2) is 29.7 Å². The molecule has 0 saturated heterocycles. The largest absolute Gasteiger partial charge is 0.315 e. The van der Waals surface area contributed by atoms with Crippen LogP contribution in [0.4, 0.5) is 8.78 Å². The maximum Gasteiger partial charge on any atom is 0.246 e. The van der Waals surface area contributed by atoms with Gasteiger partial charge in [-0.1, -0.05) is 6.08 Å². The molecule has 1 N–H and O–H groups in total. The number of nitrogens with zero attached hydrogens (tertiary/aromatic N) is 1. The summed E-state index contributed by atoms with van der Waals surface area (Å²) >= 11 is 0. The molecule has 0 aliphatic carbocycles. The monoisotopic (exact) mass is 318 g/mol. The first-order chi connectivity index (χ1) is 9.77. The van der Waals surface area contributed by atoms with E-state index in [2.05, 4.69) is 11.9 Å². The molecule has 118 valence electrons. The standard InChI is InChI=1S/C14H20F2N2O2S/c1-5-8-18(10(2)3)21(19,20)13-7-6-12(15)11(9-17-4)14(13)16/h5-7,10,17H,1,8-9H2,2-4H3. The Morgan fingerprint density at radius 1 is 1.38 bits per heavy atom. The van der Waals surface area contributed by atoms with Crippen LogP contribution in [0.5, 0.6) is 0 Å². The number of hydrogen-bond donors (Lipinski definition) is 1. The summed E-state index contributed by atoms with van der Waals surface area (Å²) in [5.41, 5.74) is -0.291. The van der Waals surface area contributed by atoms with E-state index in [-0.39, 0.29) is 24.7 Å². The van der Waals surface area contributed by atoms with Gasteiger partial charge in [0.15, 0.2) is 5.82 Å². The van der Waals surface area contributed by atoms with E-state index in [0.29, 0.717) is 0 Å². The van der Waals surface area contributed by atoms with Gasteiger partial charge in [0.25, 0.3) is 0 Å². The molecule has 0 aliphatic heterocycles. The number of hydrogen-bond acceptors (Lipinski definition) is 3. The van der Waals surface area contributed by atoms with E-state index in [9.17, 15) is 17.2 Å². The van der Waals surface area contributed by atoms with Crippen molar-refractivity contribution >= 4 is 10.0 Å². The summed E-state index contributed by atoms with van der Waals surface area (Å²) in [6, 6.07) is 1.55. The van der Waals surface area contributed by atoms with Crippen LogP contribution >= 0.6 is 0 Å². The number of sulfonamides is 1. The smallest absolute Gasteiger partial charge is 0.246 e. The summed E-state index contributed by atoms with van der Waals surface area (Å²) in [5, 5.41) is 2.62. The predicted molar refractivity (Wildman–Crippen MR) is 78.3 cm³/mol. The second kappa shape index (κ2) is 7.11. The van der Waals surface area contributed by atoms with Gasteiger partial charge in [-0.3, -0.25) is 0 Å². The zero-order valence-electron chi connectivity index (χ0n) is 12.4. The first-order valence-electron chi connectivity index (χ1n) is 6.51. The summed E-state index contributed by atoms with van der Waals surface area (Å²) in [6.07, 6.45) is 1.42. The Labute approximate surface area is 124 Å². The maximum absolute atomic E-state index is 14.4. The van der Waals surface area contributed by atoms with Crippen molar-refractivity contribution in [3.05, 3.63) is 42.0 Å². The van der Waals surface area contributed by atoms with Crippen molar-refractivity contribution in [2.75, 3.05) is 13.6 Å². The number of halogens is 2. The van der Waals surface area contributed by atoms with Gasteiger partial charge in [0.05, 0.1) is 0 Å². The second-order valence-electron chi connectivity index (χ2n) is 4.83. The summed E-state index contributed by atoms with van der Waals surface area (Å²) in [7, 11) is -2.53. The Kier molecular flexibility index (Phi) is 6.00. The van der Waals surface area contributed by atoms with Crippen molar-refractivity contribution < 1.29 is 17.2 Å². The third-order valence-corrected chi connectivity index (χ3v) is 5.04. The Balaban J connectivity index is 3.44. The van der Waals surface area contributed by atoms with Crippen molar-refractivity contribution in [3.8, 4) is 0 Å². The van der Waals surface area contributed by atoms with E-state index in [4.69, 9.17) is 0 Å². The minimum absolute atomic E-state index is 0.0537. The SMILES string of the molecule is C=CCN(C(C)C)S(=O)(=O)c1ccc(F)c(CNC)c1F. The average molecular weight is 318 g/mol. The molecule has 7 heteroatoms. The maximum atomic E-state index is 14.4. The Morgan fingerprint density at radius 3 is 2.48 bits per heavy atom. The fraction of sp³-hybridized carbons (Fsp3) is 0.429. The molecule has 0 heterocycles. The minimum atomic E-state index is -4.06. The van der Waals surface area contributed by atoms with Crippen molar-refractivity contribution in [1.82, 2.24) is 9.62 Å². The lowest BCUT2D eigenvalue weighted by Crippen LogP contribution is -2.37. The number of rotatable bonds is 7. The van der Waals surface area contributed by atoms with Gasteiger partial charge in [0, 0.05) is 24.7 Å². The zero-order chi connectivity index (χ0) is 16.2. The van der Waals surface area contributed by atoms with Gasteiger partial charge in [-0.25, -0.2) is 17.2 Å². The zero-order valence-corrected chi connectivity index (χ0v) is 13.2. The van der Waals surface area contributed by atoms with E-state index in [1.54, 1.807) is 13.8 Å². The van der Waals surface area contributed by atoms with Crippen molar-refractivity contribution in [2.45, 2.75) is 31.3 Å². The molecule has 0 fully saturated rings. The van der Waals surface area contributed by atoms with Gasteiger partial charge in [0.1, 0.15) is 10.7 Å². The van der Waals surface area contributed by atoms with Crippen LogP contribution in [0.3, 0.4) is 0 Å². The fourth-order valence-corrected chi connectivity index (χ4v) is 3.65. The van der Waals surface area contributed by atoms with Crippen LogP contribution in [0.25, 0.3) is 0 Å². The molecule has 4 nitrogen and oxygen atoms in total. The van der Waals surface area contributed by atoms with Gasteiger partial charge in [0.2, 0.25) is 10.0 Å². The fourth-order valence-electron chi connectivity index (χ4n) is 1.95. The lowest BCUT2D eigenvalue weighted by atomic mass is 10.2. The molecular formula is C14H20F2N2O2S. The molecular weight excluding hydrogens is 298 g/mol. The highest BCUT2D eigenvalue weighted by atomic mass is 32.2. The van der Waals surface area contributed by atoms with Crippen LogP contribution in [0, 0.1) is 11.6 Å². The van der Waals surface area contributed by atoms with Gasteiger partial charge >= 0.3 is 0 Å². The van der Waals surface area contributed by atoms with Gasteiger partial charge < -0.3 is 5.32 Å². The van der Waals surface area contributed by atoms with E-state index < -0.39 is 26.6 Å². The number of nitrogens with one attached hydrogen (secondary N) is 1. The quantitative estimate of drug-likeness (QED) is 0.785. The van der Waals surface area contributed by atoms with E-state index in [0.717, 1.165) is 16.4 Å². The van der Waals surface area contributed by atoms with Gasteiger partial charge in [-0.05, 0) is 33.0 Å². The predicted octanol–water partition coefficient (Wildman–Crippen LogP) is 2.27. The molecule has 0 atom stereocenters. The topological polar surface area (TPSA) is 49.4 Å². The Bertz CT molecular complexity index is 616. The molecule has 1 aromatic carbocycles. The summed E-state index contributed by atoms with van der Waals surface area (Å²) in [6.45, 7) is 6.82. The molecule has 0 spiro atoms. The lowest BCUT2D eigenvalue weighted by Gasteiger charge is -2.25. The van der Waals surface area contributed by atoms with E-state index >= 15 is 0 Å². The molecule has 0 saturated carbocycles. The number of benzene rings is 1. The van der Waals surface area contributed by atoms with Crippen LogP contribution in [0.2, 0.25) is 0 Å². The highest BCUT2D eigenvalue weighted by Crippen LogP contribution is 2.25. The molecule has 0 bridgehead atoms. The van der Waals surface area contributed by atoms with Crippen LogP contribution in [-0.2, 0) is 16.6 Å². The minimum Gasteiger partial charge on any atom is -0.315 e. The third kappa shape index (κ3) is 3.66. The Morgan fingerprint density at radius 2 is 2.00 bits per heavy atom. The van der Waals surface area contributed by atoms with Crippen molar-refractivity contribution in [3.63, 3.8) is 0 Å². The molecule has 0 aromatic heterocycles. The van der Waals surface area contributed by atoms with Crippen LogP contribution in [-0.4, -0.2) is 32.4 Å². The highest BCUT2D eigenvalue weighted by molar-refractivity contribution is 7.89. The molecule has 21 heavy (non-hydrogen) atoms. The first kappa shape index (κ1) is 17.7. The van der Waals surface area contributed by atoms with Crippen LogP contribution < -0.4 is 5.32 Å². The van der Waals surface area contributed by atoms with Crippen molar-refractivity contribution in [1.29, 1.82) is 0 Å². The van der Waals surface area contributed by atoms with Gasteiger partial charge in [-0.2, -0.15) is 4.31 Å². The van der Waals surface area contributed by atoms with Crippen molar-refractivity contribution in [2.24, 2.45) is 0 Å². The summed E-state index contributed by atoms with van der Waals surface area (Å²) in [4.78, 5) is -0.523. The first-order valence-corrected chi connectivity index (χ1v) is 7.95. The molecule has 1 rings (SSSR count). The van der Waals surface area contributed by atoms with E-state index in [1.165, 1.54) is 13.1 Å². The second-order valence-corrected chi connectivity index (χ2v) is 6.68. The van der Waals surface area contributed by atoms with Crippen LogP contribution in [0.1, 0.15) is 19.4 Å². The molecule has 1 aromatic rings. The molecule has 0 unspecified atom stereocenters. The molecule has 0 aliphatic rings. The molecule has 0 amide bonds. The average Bonchev–Trinajstić information content (AvgIpc) is 2.39. The summed E-state index contributed by atoms with van der Waals surface area (Å²) < 4.78 is 54.2. The van der Waals surface area contributed by atoms with E-state index in [1.807, 2.05) is 0 Å². The third-order valence-electron chi connectivity index (χ3n) is 2.98. The Hall–Kier alpha value is -1.31. The highest BCUT2D eigenvalue weighted by Gasteiger charge is 2.30.